The number of hydrogen-bond acceptors (Lipinski definition) is 4. The van der Waals surface area contributed by atoms with Gasteiger partial charge in [0, 0.05) is 45.9 Å². The van der Waals surface area contributed by atoms with E-state index < -0.39 is 23.3 Å². The molecule has 0 saturated carbocycles. The summed E-state index contributed by atoms with van der Waals surface area (Å²) in [5.74, 6) is -2.70. The van der Waals surface area contributed by atoms with E-state index in [1.807, 2.05) is 12.1 Å². The van der Waals surface area contributed by atoms with Crippen molar-refractivity contribution in [3.05, 3.63) is 107 Å². The van der Waals surface area contributed by atoms with Gasteiger partial charge in [0.25, 0.3) is 0 Å². The second-order valence-electron chi connectivity index (χ2n) is 11.3. The maximum atomic E-state index is 14.4. The van der Waals surface area contributed by atoms with Crippen LogP contribution in [0.1, 0.15) is 55.9 Å². The Labute approximate surface area is 258 Å². The number of rotatable bonds is 14. The van der Waals surface area contributed by atoms with Crippen LogP contribution in [-0.4, -0.2) is 24.1 Å². The molecule has 5 atom stereocenters. The van der Waals surface area contributed by atoms with E-state index in [1.165, 1.54) is 32.0 Å². The highest BCUT2D eigenvalue weighted by Gasteiger charge is 2.34. The largest absolute Gasteiger partial charge is 0.397 e. The third kappa shape index (κ3) is 8.91. The monoisotopic (exact) mass is 609 g/mol. The van der Waals surface area contributed by atoms with Crippen LogP contribution in [0.2, 0.25) is 0 Å². The summed E-state index contributed by atoms with van der Waals surface area (Å²) in [6, 6.07) is 7.03. The van der Waals surface area contributed by atoms with E-state index in [4.69, 9.17) is 13.6 Å². The Bertz CT molecular complexity index is 1400. The van der Waals surface area contributed by atoms with Gasteiger partial charge in [0.15, 0.2) is 11.6 Å². The number of thioether (sulfide) groups is 1. The number of aryl methyl sites for hydroxylation is 2. The third-order valence-corrected chi connectivity index (χ3v) is 9.62. The molecule has 0 fully saturated rings. The molecule has 0 aliphatic rings. The third-order valence-electron chi connectivity index (χ3n) is 8.31. The first-order valence-electron chi connectivity index (χ1n) is 14.5. The van der Waals surface area contributed by atoms with Gasteiger partial charge in [-0.25, -0.2) is 17.6 Å². The van der Waals surface area contributed by atoms with Crippen molar-refractivity contribution in [2.75, 3.05) is 0 Å². The van der Waals surface area contributed by atoms with E-state index in [0.29, 0.717) is 35.3 Å². The highest BCUT2D eigenvalue weighted by molar-refractivity contribution is 8.00. The SMILES string of the molecule is [B]c1cncc(SC(C=C)C(CCc2cc(F)c(C)c(F)c2)C(N/C=C(\N)c2cc(C)c(F)c(F)c2)C(C)C(C)CC)c1. The van der Waals surface area contributed by atoms with Gasteiger partial charge in [0.05, 0.1) is 5.70 Å². The molecule has 0 spiro atoms. The van der Waals surface area contributed by atoms with E-state index >= 15 is 0 Å². The van der Waals surface area contributed by atoms with Gasteiger partial charge in [-0.15, -0.1) is 18.3 Å². The molecule has 1 aromatic heterocycles. The smallest absolute Gasteiger partial charge is 0.161 e. The van der Waals surface area contributed by atoms with Crippen molar-refractivity contribution in [2.24, 2.45) is 23.5 Å². The molecule has 3 N–H and O–H groups in total. The van der Waals surface area contributed by atoms with Crippen LogP contribution in [-0.2, 0) is 6.42 Å². The molecule has 2 aromatic carbocycles. The molecule has 3 nitrogen and oxygen atoms in total. The predicted molar refractivity (Wildman–Crippen MR) is 171 cm³/mol. The van der Waals surface area contributed by atoms with Gasteiger partial charge in [-0.3, -0.25) is 4.98 Å². The van der Waals surface area contributed by atoms with Crippen molar-refractivity contribution in [2.45, 2.75) is 70.1 Å². The minimum atomic E-state index is -0.967. The molecule has 3 aromatic rings. The summed E-state index contributed by atoms with van der Waals surface area (Å²) in [6.07, 6.45) is 8.74. The standard InChI is InChI=1S/C34H40BF4N3S/c1-7-19(3)21(5)34(42-18-31(40)24-11-20(4)33(39)30(38)14-24)27(10-9-23-12-28(36)22(6)29(37)13-23)32(8-2)43-26-15-25(35)16-41-17-26/h8,11-19,21,27,32,34,42H,2,7,9-10,40H2,1,3-6H3/b31-18-. The Hall–Kier alpha value is -3.20. The van der Waals surface area contributed by atoms with E-state index in [2.05, 4.69) is 37.7 Å². The minimum Gasteiger partial charge on any atom is -0.397 e. The molecule has 43 heavy (non-hydrogen) atoms. The van der Waals surface area contributed by atoms with Gasteiger partial charge in [0.2, 0.25) is 0 Å². The molecule has 5 unspecified atom stereocenters. The maximum absolute atomic E-state index is 14.4. The van der Waals surface area contributed by atoms with Crippen molar-refractivity contribution < 1.29 is 17.6 Å². The Morgan fingerprint density at radius 2 is 1.72 bits per heavy atom. The van der Waals surface area contributed by atoms with Crippen LogP contribution in [0.4, 0.5) is 17.6 Å². The van der Waals surface area contributed by atoms with Crippen LogP contribution in [0.5, 0.6) is 0 Å². The topological polar surface area (TPSA) is 50.9 Å². The molecule has 2 radical (unpaired) electrons. The Morgan fingerprint density at radius 1 is 1.05 bits per heavy atom. The van der Waals surface area contributed by atoms with Crippen LogP contribution in [0, 0.1) is 54.9 Å². The van der Waals surface area contributed by atoms with Gasteiger partial charge in [-0.05, 0) is 79.8 Å². The number of aromatic nitrogens is 1. The van der Waals surface area contributed by atoms with Crippen molar-refractivity contribution in [1.82, 2.24) is 10.3 Å². The summed E-state index contributed by atoms with van der Waals surface area (Å²) in [7, 11) is 6.00. The average molecular weight is 610 g/mol. The lowest BCUT2D eigenvalue weighted by Crippen LogP contribution is -2.45. The molecule has 0 bridgehead atoms. The summed E-state index contributed by atoms with van der Waals surface area (Å²) in [6.45, 7) is 13.5. The summed E-state index contributed by atoms with van der Waals surface area (Å²) in [5.41, 5.74) is 8.25. The maximum Gasteiger partial charge on any atom is 0.161 e. The van der Waals surface area contributed by atoms with Crippen LogP contribution in [0.25, 0.3) is 5.70 Å². The quantitative estimate of drug-likeness (QED) is 0.0859. The molecule has 3 rings (SSSR count). The van der Waals surface area contributed by atoms with Crippen molar-refractivity contribution in [3.8, 4) is 0 Å². The molecule has 0 amide bonds. The van der Waals surface area contributed by atoms with E-state index in [0.717, 1.165) is 17.4 Å². The number of hydrogen-bond donors (Lipinski definition) is 2. The van der Waals surface area contributed by atoms with Crippen molar-refractivity contribution in [1.29, 1.82) is 0 Å². The summed E-state index contributed by atoms with van der Waals surface area (Å²) >= 11 is 1.56. The zero-order valence-corrected chi connectivity index (χ0v) is 26.2. The molecular formula is C34H40BF4N3S. The Kier molecular flexibility index (Phi) is 12.4. The van der Waals surface area contributed by atoms with E-state index in [-0.39, 0.29) is 40.0 Å². The van der Waals surface area contributed by atoms with Gasteiger partial charge in [-0.1, -0.05) is 44.8 Å². The molecule has 0 aliphatic carbocycles. The number of pyridine rings is 1. The normalized spacial score (nSPS) is 15.4. The first-order valence-corrected chi connectivity index (χ1v) is 15.4. The van der Waals surface area contributed by atoms with E-state index in [1.54, 1.807) is 30.4 Å². The fourth-order valence-electron chi connectivity index (χ4n) is 5.24. The summed E-state index contributed by atoms with van der Waals surface area (Å²) in [4.78, 5) is 5.09. The number of nitrogens with two attached hydrogens (primary N) is 1. The molecule has 228 valence electrons. The van der Waals surface area contributed by atoms with Crippen LogP contribution < -0.4 is 16.5 Å². The first-order chi connectivity index (χ1) is 20.4. The van der Waals surface area contributed by atoms with Crippen molar-refractivity contribution in [3.63, 3.8) is 0 Å². The van der Waals surface area contributed by atoms with Gasteiger partial charge in [0.1, 0.15) is 19.5 Å². The Balaban J connectivity index is 2.04. The van der Waals surface area contributed by atoms with Gasteiger partial charge >= 0.3 is 0 Å². The number of nitrogens with zero attached hydrogens (tertiary/aromatic N) is 1. The lowest BCUT2D eigenvalue weighted by Gasteiger charge is -2.38. The fraction of sp³-hybridized carbons (Fsp3) is 0.382. The van der Waals surface area contributed by atoms with Gasteiger partial charge in [-0.2, -0.15) is 0 Å². The van der Waals surface area contributed by atoms with Crippen LogP contribution >= 0.6 is 11.8 Å². The molecule has 1 heterocycles. The highest BCUT2D eigenvalue weighted by Crippen LogP contribution is 2.37. The lowest BCUT2D eigenvalue weighted by molar-refractivity contribution is 0.221. The number of halogens is 4. The summed E-state index contributed by atoms with van der Waals surface area (Å²) < 4.78 is 57.0. The van der Waals surface area contributed by atoms with Crippen molar-refractivity contribution >= 4 is 30.8 Å². The lowest BCUT2D eigenvalue weighted by atomic mass is 9.77. The molecule has 0 saturated heterocycles. The zero-order valence-electron chi connectivity index (χ0n) is 25.4. The fourth-order valence-corrected chi connectivity index (χ4v) is 6.46. The average Bonchev–Trinajstić information content (AvgIpc) is 2.97. The highest BCUT2D eigenvalue weighted by atomic mass is 32.2. The van der Waals surface area contributed by atoms with Crippen LogP contribution in [0.3, 0.4) is 0 Å². The molecule has 0 aliphatic heterocycles. The number of nitrogens with one attached hydrogen (secondary N) is 1. The number of benzene rings is 2. The predicted octanol–water partition coefficient (Wildman–Crippen LogP) is 7.54. The minimum absolute atomic E-state index is 0.00740. The molecule has 9 heteroatoms. The second kappa shape index (κ2) is 15.5. The Morgan fingerprint density at radius 3 is 2.30 bits per heavy atom. The zero-order chi connectivity index (χ0) is 31.8. The summed E-state index contributed by atoms with van der Waals surface area (Å²) in [5, 5.41) is 3.37. The second-order valence-corrected chi connectivity index (χ2v) is 12.5. The first kappa shape index (κ1) is 34.3. The molecular weight excluding hydrogens is 569 g/mol. The van der Waals surface area contributed by atoms with Gasteiger partial charge < -0.3 is 11.1 Å². The van der Waals surface area contributed by atoms with E-state index in [9.17, 15) is 17.6 Å². The van der Waals surface area contributed by atoms with Crippen LogP contribution in [0.15, 0.2) is 66.5 Å².